The normalized spacial score (nSPS) is 11.0. The molecule has 0 unspecified atom stereocenters. The Kier molecular flexibility index (Phi) is 6.78. The summed E-state index contributed by atoms with van der Waals surface area (Å²) >= 11 is 0. The maximum atomic E-state index is 12.0. The maximum Gasteiger partial charge on any atom is 0.379 e. The largest absolute Gasteiger partial charge is 0.493 e. The first-order chi connectivity index (χ1) is 12.7. The van der Waals surface area contributed by atoms with Crippen molar-refractivity contribution in [3.63, 3.8) is 0 Å². The van der Waals surface area contributed by atoms with Gasteiger partial charge in [-0.15, -0.1) is 0 Å². The van der Waals surface area contributed by atoms with Gasteiger partial charge < -0.3 is 4.74 Å². The highest BCUT2D eigenvalue weighted by atomic mass is 19.3. The van der Waals surface area contributed by atoms with Crippen LogP contribution in [0, 0.1) is 12.8 Å². The lowest BCUT2D eigenvalue weighted by molar-refractivity contribution is -0.0788. The summed E-state index contributed by atoms with van der Waals surface area (Å²) in [5.74, 6) is 0.668. The third-order valence-corrected chi connectivity index (χ3v) is 4.42. The van der Waals surface area contributed by atoms with Gasteiger partial charge in [0.2, 0.25) is 0 Å². The Hall–Kier alpha value is -2.62. The van der Waals surface area contributed by atoms with E-state index in [4.69, 9.17) is 4.74 Å². The van der Waals surface area contributed by atoms with E-state index < -0.39 is 5.97 Å². The van der Waals surface area contributed by atoms with E-state index in [0.717, 1.165) is 33.6 Å². The van der Waals surface area contributed by atoms with E-state index in [9.17, 15) is 9.32 Å². The van der Waals surface area contributed by atoms with Crippen molar-refractivity contribution in [2.24, 2.45) is 5.92 Å². The smallest absolute Gasteiger partial charge is 0.379 e. The van der Waals surface area contributed by atoms with Gasteiger partial charge in [0.15, 0.2) is 0 Å². The number of hydrogen-bond acceptors (Lipinski definition) is 3. The van der Waals surface area contributed by atoms with Crippen molar-refractivity contribution in [3.05, 3.63) is 70.8 Å². The first-order valence-corrected chi connectivity index (χ1v) is 9.14. The monoisotopic (exact) mass is 370 g/mol. The highest BCUT2D eigenvalue weighted by molar-refractivity contribution is 5.90. The summed E-state index contributed by atoms with van der Waals surface area (Å²) in [4.78, 5) is 14.5. The molecule has 0 heterocycles. The minimum atomic E-state index is -1.00. The average Bonchev–Trinajstić information content (AvgIpc) is 2.65. The van der Waals surface area contributed by atoms with Gasteiger partial charge >= 0.3 is 5.97 Å². The summed E-state index contributed by atoms with van der Waals surface area (Å²) < 4.78 is 18.1. The van der Waals surface area contributed by atoms with Gasteiger partial charge in [0.25, 0.3) is 0 Å². The van der Waals surface area contributed by atoms with Crippen LogP contribution in [0.1, 0.15) is 66.2 Å². The Balaban J connectivity index is 2.38. The lowest BCUT2D eigenvalue weighted by Gasteiger charge is -2.20. The van der Waals surface area contributed by atoms with Crippen LogP contribution >= 0.6 is 0 Å². The molecule has 0 fully saturated rings. The Morgan fingerprint density at radius 1 is 1.07 bits per heavy atom. The van der Waals surface area contributed by atoms with E-state index in [0.29, 0.717) is 18.4 Å². The van der Waals surface area contributed by atoms with Gasteiger partial charge in [-0.1, -0.05) is 46.4 Å². The van der Waals surface area contributed by atoms with Crippen LogP contribution in [-0.2, 0) is 4.94 Å². The molecule has 3 nitrogen and oxygen atoms in total. The number of halogens is 1. The molecule has 0 N–H and O–H groups in total. The van der Waals surface area contributed by atoms with Crippen molar-refractivity contribution in [1.29, 1.82) is 0 Å². The standard InChI is InChI=1S/C23H27FO3/c1-14(2)13-26-22-11-16(5)21(12-20(22)15(3)4)17(6)18-7-9-19(10-8-18)23(25)27-24/h7-12,14-15H,6,13H2,1-5H3. The van der Waals surface area contributed by atoms with Gasteiger partial charge in [-0.3, -0.25) is 0 Å². The van der Waals surface area contributed by atoms with Crippen LogP contribution in [0.2, 0.25) is 0 Å². The highest BCUT2D eigenvalue weighted by Crippen LogP contribution is 2.34. The fraction of sp³-hybridized carbons (Fsp3) is 0.348. The van der Waals surface area contributed by atoms with E-state index in [2.05, 4.69) is 51.3 Å². The summed E-state index contributed by atoms with van der Waals surface area (Å²) in [6, 6.07) is 10.7. The van der Waals surface area contributed by atoms with E-state index in [1.54, 1.807) is 12.1 Å². The third-order valence-electron chi connectivity index (χ3n) is 4.42. The molecule has 2 rings (SSSR count). The van der Waals surface area contributed by atoms with Gasteiger partial charge in [-0.2, -0.15) is 0 Å². The summed E-state index contributed by atoms with van der Waals surface area (Å²) in [5, 5.41) is 0. The number of hydrogen-bond donors (Lipinski definition) is 0. The van der Waals surface area contributed by atoms with E-state index in [1.165, 1.54) is 12.1 Å². The van der Waals surface area contributed by atoms with Crippen LogP contribution in [-0.4, -0.2) is 12.6 Å². The molecular weight excluding hydrogens is 343 g/mol. The molecule has 27 heavy (non-hydrogen) atoms. The van der Waals surface area contributed by atoms with Crippen molar-refractivity contribution in [3.8, 4) is 5.75 Å². The lowest BCUT2D eigenvalue weighted by atomic mass is 9.90. The molecule has 144 valence electrons. The molecule has 0 aliphatic rings. The molecule has 0 aromatic heterocycles. The highest BCUT2D eigenvalue weighted by Gasteiger charge is 2.15. The van der Waals surface area contributed by atoms with E-state index in [-0.39, 0.29) is 5.56 Å². The van der Waals surface area contributed by atoms with Crippen LogP contribution in [0.5, 0.6) is 5.75 Å². The molecule has 0 saturated heterocycles. The molecule has 4 heteroatoms. The lowest BCUT2D eigenvalue weighted by Crippen LogP contribution is -2.08. The van der Waals surface area contributed by atoms with Crippen LogP contribution in [0.3, 0.4) is 0 Å². The summed E-state index contributed by atoms with van der Waals surface area (Å²) in [7, 11) is 0. The minimum Gasteiger partial charge on any atom is -0.493 e. The quantitative estimate of drug-likeness (QED) is 0.577. The van der Waals surface area contributed by atoms with Crippen LogP contribution in [0.25, 0.3) is 5.57 Å². The average molecular weight is 370 g/mol. The third kappa shape index (κ3) is 4.97. The number of ether oxygens (including phenoxy) is 1. The summed E-state index contributed by atoms with van der Waals surface area (Å²) in [5.41, 5.74) is 5.08. The molecule has 0 spiro atoms. The molecule has 0 saturated carbocycles. The van der Waals surface area contributed by atoms with Crippen molar-refractivity contribution in [1.82, 2.24) is 0 Å². The van der Waals surface area contributed by atoms with Gasteiger partial charge in [-0.05, 0) is 70.9 Å². The zero-order valence-corrected chi connectivity index (χ0v) is 16.6. The van der Waals surface area contributed by atoms with Crippen LogP contribution < -0.4 is 4.74 Å². The molecule has 0 amide bonds. The first kappa shape index (κ1) is 20.7. The number of aryl methyl sites for hydroxylation is 1. The van der Waals surface area contributed by atoms with Crippen molar-refractivity contribution >= 4 is 11.5 Å². The van der Waals surface area contributed by atoms with Crippen molar-refractivity contribution in [2.75, 3.05) is 6.61 Å². The molecule has 0 radical (unpaired) electrons. The van der Waals surface area contributed by atoms with Crippen molar-refractivity contribution in [2.45, 2.75) is 40.5 Å². The van der Waals surface area contributed by atoms with Crippen LogP contribution in [0.15, 0.2) is 43.0 Å². The fourth-order valence-corrected chi connectivity index (χ4v) is 2.86. The van der Waals surface area contributed by atoms with Gasteiger partial charge in [0, 0.05) is 4.53 Å². The summed E-state index contributed by atoms with van der Waals surface area (Å²) in [6.45, 7) is 15.4. The molecular formula is C23H27FO3. The maximum absolute atomic E-state index is 12.0. The molecule has 0 aliphatic carbocycles. The molecule has 0 aliphatic heterocycles. The number of benzene rings is 2. The Morgan fingerprint density at radius 2 is 1.67 bits per heavy atom. The predicted octanol–water partition coefficient (Wildman–Crippen LogP) is 6.26. The number of carbonyl (C=O) groups excluding carboxylic acids is 1. The molecule has 2 aromatic carbocycles. The van der Waals surface area contributed by atoms with Gasteiger partial charge in [-0.25, -0.2) is 9.74 Å². The van der Waals surface area contributed by atoms with Gasteiger partial charge in [0.05, 0.1) is 12.2 Å². The predicted molar refractivity (Wildman–Crippen MR) is 107 cm³/mol. The number of carbonyl (C=O) groups is 1. The first-order valence-electron chi connectivity index (χ1n) is 9.14. The molecule has 0 bridgehead atoms. The zero-order valence-electron chi connectivity index (χ0n) is 16.6. The number of rotatable bonds is 7. The Morgan fingerprint density at radius 3 is 2.19 bits per heavy atom. The zero-order chi connectivity index (χ0) is 20.1. The second-order valence-corrected chi connectivity index (χ2v) is 7.49. The molecule has 0 atom stereocenters. The summed E-state index contributed by atoms with van der Waals surface area (Å²) in [6.07, 6.45) is 0. The fourth-order valence-electron chi connectivity index (χ4n) is 2.86. The van der Waals surface area contributed by atoms with E-state index in [1.807, 2.05) is 6.92 Å². The minimum absolute atomic E-state index is 0.158. The SMILES string of the molecule is C=C(c1ccc(C(=O)OF)cc1)c1cc(C(C)C)c(OCC(C)C)cc1C. The van der Waals surface area contributed by atoms with Crippen molar-refractivity contribution < 1.29 is 19.0 Å². The second kappa shape index (κ2) is 8.85. The van der Waals surface area contributed by atoms with Crippen LogP contribution in [0.4, 0.5) is 4.53 Å². The topological polar surface area (TPSA) is 35.5 Å². The van der Waals surface area contributed by atoms with E-state index >= 15 is 0 Å². The Labute approximate surface area is 160 Å². The molecule has 2 aromatic rings. The Bertz CT molecular complexity index is 820. The second-order valence-electron chi connectivity index (χ2n) is 7.49. The van der Waals surface area contributed by atoms with Gasteiger partial charge in [0.1, 0.15) is 5.75 Å².